The Hall–Kier alpha value is -0.643. The Morgan fingerprint density at radius 2 is 1.28 bits per heavy atom. The van der Waals surface area contributed by atoms with E-state index in [2.05, 4.69) is 65.8 Å². The molecule has 18 heavy (non-hydrogen) atoms. The fraction of sp³-hybridized carbons (Fsp3) is 0.600. The molecular formula is C15H26O2Si. The molecule has 0 saturated carbocycles. The van der Waals surface area contributed by atoms with Crippen molar-refractivity contribution in [2.24, 2.45) is 0 Å². The van der Waals surface area contributed by atoms with Gasteiger partial charge in [0.15, 0.2) is 0 Å². The van der Waals surface area contributed by atoms with Gasteiger partial charge in [-0.15, -0.1) is 0 Å². The van der Waals surface area contributed by atoms with E-state index in [0.29, 0.717) is 0 Å². The molecule has 0 radical (unpaired) electrons. The molecule has 0 aliphatic carbocycles. The van der Waals surface area contributed by atoms with Crippen LogP contribution in [-0.4, -0.2) is 20.5 Å². The van der Waals surface area contributed by atoms with Gasteiger partial charge in [-0.05, 0) is 47.1 Å². The Kier molecular flexibility index (Phi) is 5.14. The molecule has 0 amide bonds. The second kappa shape index (κ2) is 6.00. The van der Waals surface area contributed by atoms with Crippen LogP contribution in [0.5, 0.6) is 0 Å². The summed E-state index contributed by atoms with van der Waals surface area (Å²) in [5.74, 6) is 0. The van der Waals surface area contributed by atoms with Gasteiger partial charge < -0.3 is 8.85 Å². The van der Waals surface area contributed by atoms with Crippen LogP contribution in [0.4, 0.5) is 0 Å². The molecule has 3 heteroatoms. The van der Waals surface area contributed by atoms with Crippen LogP contribution in [0.2, 0.25) is 0 Å². The molecule has 1 aromatic rings. The molecule has 0 N–H and O–H groups in total. The van der Waals surface area contributed by atoms with Crippen LogP contribution in [0, 0.1) is 0 Å². The van der Waals surface area contributed by atoms with Crippen LogP contribution < -0.4 is 0 Å². The first-order chi connectivity index (χ1) is 8.16. The lowest BCUT2D eigenvalue weighted by molar-refractivity contribution is 0.0333. The molecule has 0 aromatic heterocycles. The van der Waals surface area contributed by atoms with E-state index in [4.69, 9.17) is 8.85 Å². The summed E-state index contributed by atoms with van der Waals surface area (Å²) >= 11 is 0. The molecule has 0 bridgehead atoms. The summed E-state index contributed by atoms with van der Waals surface area (Å²) in [5.41, 5.74) is 1.01. The zero-order chi connectivity index (χ0) is 13.8. The summed E-state index contributed by atoms with van der Waals surface area (Å²) in [6.45, 7) is 12.5. The number of hydrogen-bond donors (Lipinski definition) is 0. The third-order valence-corrected chi connectivity index (χ3v) is 4.96. The minimum atomic E-state index is -1.71. The molecule has 0 spiro atoms. The molecule has 0 aliphatic rings. The van der Waals surface area contributed by atoms with Crippen molar-refractivity contribution >= 4 is 9.28 Å². The van der Waals surface area contributed by atoms with Gasteiger partial charge in [-0.1, -0.05) is 30.3 Å². The second-order valence-corrected chi connectivity index (χ2v) is 8.32. The quantitative estimate of drug-likeness (QED) is 0.775. The van der Waals surface area contributed by atoms with Crippen molar-refractivity contribution in [3.63, 3.8) is 0 Å². The minimum absolute atomic E-state index is 0.142. The van der Waals surface area contributed by atoms with E-state index in [1.807, 2.05) is 6.07 Å². The predicted molar refractivity (Wildman–Crippen MR) is 79.0 cm³/mol. The highest BCUT2D eigenvalue weighted by molar-refractivity contribution is 6.44. The highest BCUT2D eigenvalue weighted by Crippen LogP contribution is 2.18. The average molecular weight is 266 g/mol. The summed E-state index contributed by atoms with van der Waals surface area (Å²) in [5, 5.41) is 0. The standard InChI is InChI=1S/C15H26O2Si/c1-14(2,3)16-18(17-15(4,5)6)12-13-10-8-7-9-11-13/h7-11,18H,12H2,1-6H3. The van der Waals surface area contributed by atoms with Crippen LogP contribution in [-0.2, 0) is 14.9 Å². The van der Waals surface area contributed by atoms with Crippen molar-refractivity contribution in [1.29, 1.82) is 0 Å². The smallest absolute Gasteiger partial charge is 0.326 e. The first-order valence-electron chi connectivity index (χ1n) is 6.55. The van der Waals surface area contributed by atoms with E-state index >= 15 is 0 Å². The van der Waals surface area contributed by atoms with Gasteiger partial charge in [0.2, 0.25) is 0 Å². The SMILES string of the molecule is CC(C)(C)O[SiH](Cc1ccccc1)OC(C)(C)C. The van der Waals surface area contributed by atoms with Gasteiger partial charge in [0.1, 0.15) is 0 Å². The van der Waals surface area contributed by atoms with Crippen LogP contribution >= 0.6 is 0 Å². The monoisotopic (exact) mass is 266 g/mol. The fourth-order valence-electron chi connectivity index (χ4n) is 1.70. The maximum absolute atomic E-state index is 6.13. The van der Waals surface area contributed by atoms with Gasteiger partial charge in [0.25, 0.3) is 0 Å². The van der Waals surface area contributed by atoms with E-state index in [1.54, 1.807) is 0 Å². The maximum Gasteiger partial charge on any atom is 0.326 e. The summed E-state index contributed by atoms with van der Waals surface area (Å²) in [7, 11) is -1.71. The summed E-state index contributed by atoms with van der Waals surface area (Å²) in [4.78, 5) is 0. The van der Waals surface area contributed by atoms with Gasteiger partial charge >= 0.3 is 9.28 Å². The summed E-state index contributed by atoms with van der Waals surface area (Å²) < 4.78 is 12.3. The van der Waals surface area contributed by atoms with Gasteiger partial charge in [-0.25, -0.2) is 0 Å². The van der Waals surface area contributed by atoms with Crippen molar-refractivity contribution in [3.05, 3.63) is 35.9 Å². The van der Waals surface area contributed by atoms with Crippen molar-refractivity contribution in [2.45, 2.75) is 58.8 Å². The van der Waals surface area contributed by atoms with Gasteiger partial charge in [-0.2, -0.15) is 0 Å². The molecule has 1 rings (SSSR count). The molecular weight excluding hydrogens is 240 g/mol. The van der Waals surface area contributed by atoms with Crippen LogP contribution in [0.1, 0.15) is 47.1 Å². The third-order valence-electron chi connectivity index (χ3n) is 2.22. The number of hydrogen-bond acceptors (Lipinski definition) is 2. The summed E-state index contributed by atoms with van der Waals surface area (Å²) in [6.07, 6.45) is 0. The maximum atomic E-state index is 6.13. The Labute approximate surface area is 113 Å². The molecule has 2 nitrogen and oxygen atoms in total. The Balaban J connectivity index is 2.72. The molecule has 0 fully saturated rings. The van der Waals surface area contributed by atoms with E-state index in [0.717, 1.165) is 6.04 Å². The fourth-order valence-corrected chi connectivity index (χ4v) is 4.15. The van der Waals surface area contributed by atoms with Crippen molar-refractivity contribution in [2.75, 3.05) is 0 Å². The predicted octanol–water partition coefficient (Wildman–Crippen LogP) is 3.62. The molecule has 0 heterocycles. The largest absolute Gasteiger partial charge is 0.391 e. The topological polar surface area (TPSA) is 18.5 Å². The van der Waals surface area contributed by atoms with E-state index < -0.39 is 9.28 Å². The van der Waals surface area contributed by atoms with Crippen LogP contribution in [0.15, 0.2) is 30.3 Å². The lowest BCUT2D eigenvalue weighted by atomic mass is 10.2. The second-order valence-electron chi connectivity index (χ2n) is 6.58. The zero-order valence-electron chi connectivity index (χ0n) is 12.5. The van der Waals surface area contributed by atoms with E-state index in [9.17, 15) is 0 Å². The molecule has 102 valence electrons. The molecule has 0 unspecified atom stereocenters. The van der Waals surface area contributed by atoms with Gasteiger partial charge in [-0.3, -0.25) is 0 Å². The molecule has 0 saturated heterocycles. The Morgan fingerprint density at radius 1 is 0.833 bits per heavy atom. The zero-order valence-corrected chi connectivity index (χ0v) is 13.6. The molecule has 0 aliphatic heterocycles. The Bertz CT molecular complexity index is 333. The number of rotatable bonds is 4. The van der Waals surface area contributed by atoms with E-state index in [1.165, 1.54) is 5.56 Å². The van der Waals surface area contributed by atoms with E-state index in [-0.39, 0.29) is 11.2 Å². The molecule has 1 aromatic carbocycles. The lowest BCUT2D eigenvalue weighted by Gasteiger charge is -2.32. The van der Waals surface area contributed by atoms with Crippen LogP contribution in [0.3, 0.4) is 0 Å². The van der Waals surface area contributed by atoms with Crippen molar-refractivity contribution in [3.8, 4) is 0 Å². The lowest BCUT2D eigenvalue weighted by Crippen LogP contribution is -2.40. The first-order valence-corrected chi connectivity index (χ1v) is 8.31. The highest BCUT2D eigenvalue weighted by Gasteiger charge is 2.26. The average Bonchev–Trinajstić information content (AvgIpc) is 2.13. The Morgan fingerprint density at radius 3 is 1.67 bits per heavy atom. The van der Waals surface area contributed by atoms with Gasteiger partial charge in [0, 0.05) is 17.2 Å². The van der Waals surface area contributed by atoms with Crippen LogP contribution in [0.25, 0.3) is 0 Å². The third kappa shape index (κ3) is 6.94. The highest BCUT2D eigenvalue weighted by atomic mass is 28.3. The summed E-state index contributed by atoms with van der Waals surface area (Å²) in [6, 6.07) is 11.4. The van der Waals surface area contributed by atoms with Crippen molar-refractivity contribution in [1.82, 2.24) is 0 Å². The normalized spacial score (nSPS) is 13.1. The molecule has 0 atom stereocenters. The first kappa shape index (κ1) is 15.4. The number of benzene rings is 1. The van der Waals surface area contributed by atoms with Crippen molar-refractivity contribution < 1.29 is 8.85 Å². The van der Waals surface area contributed by atoms with Gasteiger partial charge in [0.05, 0.1) is 0 Å². The minimum Gasteiger partial charge on any atom is -0.391 e.